The number of carboxylic acids is 1. The number of hydrogen-bond donors (Lipinski definition) is 1. The molecule has 1 N–H and O–H groups in total. The highest BCUT2D eigenvalue weighted by Gasteiger charge is 2.12. The van der Waals surface area contributed by atoms with Crippen LogP contribution in [0.15, 0.2) is 24.8 Å². The van der Waals surface area contributed by atoms with Crippen molar-refractivity contribution in [2.24, 2.45) is 0 Å². The number of hydrogen-bond acceptors (Lipinski definition) is 5. The number of aromatic nitrogens is 4. The van der Waals surface area contributed by atoms with E-state index >= 15 is 0 Å². The van der Waals surface area contributed by atoms with Crippen molar-refractivity contribution in [3.8, 4) is 11.8 Å². The molecule has 2 rings (SSSR count). The van der Waals surface area contributed by atoms with Crippen LogP contribution in [-0.4, -0.2) is 30.8 Å². The smallest absolute Gasteiger partial charge is 0.338 e. The topological polar surface area (TPSA) is 105 Å². The molecule has 78 valence electrons. The van der Waals surface area contributed by atoms with Crippen LogP contribution < -0.4 is 0 Å². The van der Waals surface area contributed by atoms with Crippen molar-refractivity contribution in [3.05, 3.63) is 36.2 Å². The Labute approximate surface area is 89.6 Å². The molecule has 0 aliphatic rings. The van der Waals surface area contributed by atoms with Crippen molar-refractivity contribution in [3.63, 3.8) is 0 Å². The fourth-order valence-corrected chi connectivity index (χ4v) is 1.18. The van der Waals surface area contributed by atoms with Gasteiger partial charge in [-0.1, -0.05) is 0 Å². The van der Waals surface area contributed by atoms with Crippen molar-refractivity contribution < 1.29 is 9.90 Å². The first-order chi connectivity index (χ1) is 7.72. The summed E-state index contributed by atoms with van der Waals surface area (Å²) < 4.78 is 1.20. The molecule has 0 fully saturated rings. The molecule has 7 nitrogen and oxygen atoms in total. The lowest BCUT2D eigenvalue weighted by Gasteiger charge is -2.02. The van der Waals surface area contributed by atoms with Gasteiger partial charge < -0.3 is 5.11 Å². The molecule has 0 radical (unpaired) electrons. The van der Waals surface area contributed by atoms with E-state index in [2.05, 4.69) is 15.1 Å². The molecule has 0 aromatic carbocycles. The van der Waals surface area contributed by atoms with Crippen LogP contribution in [0.1, 0.15) is 16.2 Å². The molecule has 0 saturated heterocycles. The second-order valence-corrected chi connectivity index (χ2v) is 2.82. The van der Waals surface area contributed by atoms with E-state index < -0.39 is 5.97 Å². The molecule has 0 aliphatic carbocycles. The first kappa shape index (κ1) is 9.79. The van der Waals surface area contributed by atoms with Crippen LogP contribution in [0.5, 0.6) is 0 Å². The van der Waals surface area contributed by atoms with Crippen LogP contribution in [0.4, 0.5) is 0 Å². The highest BCUT2D eigenvalue weighted by molar-refractivity contribution is 5.91. The maximum atomic E-state index is 10.9. The molecule has 7 heteroatoms. The zero-order valence-corrected chi connectivity index (χ0v) is 7.90. The van der Waals surface area contributed by atoms with Crippen LogP contribution in [0.2, 0.25) is 0 Å². The first-order valence-corrected chi connectivity index (χ1v) is 4.22. The van der Waals surface area contributed by atoms with Crippen molar-refractivity contribution in [1.29, 1.82) is 5.26 Å². The van der Waals surface area contributed by atoms with Gasteiger partial charge in [-0.25, -0.2) is 14.5 Å². The maximum absolute atomic E-state index is 10.9. The minimum Gasteiger partial charge on any atom is -0.478 e. The fourth-order valence-electron chi connectivity index (χ4n) is 1.18. The van der Waals surface area contributed by atoms with Gasteiger partial charge in [0.1, 0.15) is 12.4 Å². The van der Waals surface area contributed by atoms with Crippen LogP contribution in [0.25, 0.3) is 5.69 Å². The lowest BCUT2D eigenvalue weighted by atomic mass is 10.2. The Morgan fingerprint density at radius 3 is 3.00 bits per heavy atom. The Hall–Kier alpha value is -2.75. The minimum atomic E-state index is -1.09. The van der Waals surface area contributed by atoms with Crippen LogP contribution >= 0.6 is 0 Å². The summed E-state index contributed by atoms with van der Waals surface area (Å²) in [4.78, 5) is 18.4. The van der Waals surface area contributed by atoms with Gasteiger partial charge in [0.2, 0.25) is 0 Å². The summed E-state index contributed by atoms with van der Waals surface area (Å²) in [6, 6.07) is 3.11. The SMILES string of the molecule is N#Cc1ncn(-c2cnccc2C(=O)O)n1. The second-order valence-electron chi connectivity index (χ2n) is 2.82. The number of rotatable bonds is 2. The highest BCUT2D eigenvalue weighted by atomic mass is 16.4. The summed E-state index contributed by atoms with van der Waals surface area (Å²) in [6.45, 7) is 0. The van der Waals surface area contributed by atoms with Crippen molar-refractivity contribution in [1.82, 2.24) is 19.7 Å². The molecule has 2 aromatic rings. The van der Waals surface area contributed by atoms with Crippen molar-refractivity contribution in [2.45, 2.75) is 0 Å². The second kappa shape index (κ2) is 3.78. The van der Waals surface area contributed by atoms with Gasteiger partial charge in [0.15, 0.2) is 0 Å². The first-order valence-electron chi connectivity index (χ1n) is 4.22. The lowest BCUT2D eigenvalue weighted by molar-refractivity contribution is 0.0696. The molecule has 0 saturated carbocycles. The maximum Gasteiger partial charge on any atom is 0.338 e. The Balaban J connectivity index is 2.56. The molecule has 0 spiro atoms. The number of nitrogens with zero attached hydrogens (tertiary/aromatic N) is 5. The average molecular weight is 215 g/mol. The summed E-state index contributed by atoms with van der Waals surface area (Å²) in [5.41, 5.74) is 0.313. The highest BCUT2D eigenvalue weighted by Crippen LogP contribution is 2.11. The molecule has 0 unspecified atom stereocenters. The van der Waals surface area contributed by atoms with E-state index in [1.807, 2.05) is 0 Å². The van der Waals surface area contributed by atoms with Crippen molar-refractivity contribution in [2.75, 3.05) is 0 Å². The normalized spacial score (nSPS) is 9.69. The molecule has 2 heterocycles. The zero-order chi connectivity index (χ0) is 11.5. The van der Waals surface area contributed by atoms with Crippen LogP contribution in [0.3, 0.4) is 0 Å². The van der Waals surface area contributed by atoms with Gasteiger partial charge in [0.05, 0.1) is 17.4 Å². The van der Waals surface area contributed by atoms with E-state index in [1.54, 1.807) is 6.07 Å². The number of aromatic carboxylic acids is 1. The Morgan fingerprint density at radius 1 is 1.56 bits per heavy atom. The standard InChI is InChI=1S/C9H5N5O2/c10-3-8-12-5-14(13-8)7-4-11-2-1-6(7)9(15)16/h1-2,4-5H,(H,15,16). The van der Waals surface area contributed by atoms with Gasteiger partial charge in [-0.05, 0) is 6.07 Å². The molecular weight excluding hydrogens is 210 g/mol. The average Bonchev–Trinajstić information content (AvgIpc) is 2.77. The summed E-state index contributed by atoms with van der Waals surface area (Å²) in [6.07, 6.45) is 3.98. The molecular formula is C9H5N5O2. The largest absolute Gasteiger partial charge is 0.478 e. The van der Waals surface area contributed by atoms with Gasteiger partial charge in [0, 0.05) is 6.20 Å². The Bertz CT molecular complexity index is 584. The summed E-state index contributed by atoms with van der Waals surface area (Å²) in [5, 5.41) is 21.3. The van der Waals surface area contributed by atoms with E-state index in [4.69, 9.17) is 10.4 Å². The quantitative estimate of drug-likeness (QED) is 0.768. The molecule has 0 amide bonds. The predicted octanol–water partition coefficient (Wildman–Crippen LogP) is 0.232. The van der Waals surface area contributed by atoms with Crippen LogP contribution in [0, 0.1) is 11.3 Å². The van der Waals surface area contributed by atoms with Gasteiger partial charge in [-0.2, -0.15) is 5.26 Å². The van der Waals surface area contributed by atoms with Crippen molar-refractivity contribution >= 4 is 5.97 Å². The molecule has 16 heavy (non-hydrogen) atoms. The van der Waals surface area contributed by atoms with E-state index in [-0.39, 0.29) is 17.1 Å². The van der Waals surface area contributed by atoms with E-state index in [1.165, 1.54) is 29.5 Å². The number of nitriles is 1. The molecule has 2 aromatic heterocycles. The zero-order valence-electron chi connectivity index (χ0n) is 7.90. The lowest BCUT2D eigenvalue weighted by Crippen LogP contribution is -2.06. The number of pyridine rings is 1. The van der Waals surface area contributed by atoms with Crippen LogP contribution in [-0.2, 0) is 0 Å². The summed E-state index contributed by atoms with van der Waals surface area (Å²) in [5.74, 6) is -1.12. The predicted molar refractivity (Wildman–Crippen MR) is 50.8 cm³/mol. The third kappa shape index (κ3) is 1.59. The third-order valence-electron chi connectivity index (χ3n) is 1.87. The van der Waals surface area contributed by atoms with Gasteiger partial charge in [-0.15, -0.1) is 5.10 Å². The Morgan fingerprint density at radius 2 is 2.38 bits per heavy atom. The number of carboxylic acid groups (broad SMARTS) is 1. The molecule has 0 aliphatic heterocycles. The number of carbonyl (C=O) groups is 1. The fraction of sp³-hybridized carbons (Fsp3) is 0. The van der Waals surface area contributed by atoms with Gasteiger partial charge in [0.25, 0.3) is 5.82 Å². The summed E-state index contributed by atoms with van der Waals surface area (Å²) in [7, 11) is 0. The van der Waals surface area contributed by atoms with Gasteiger partial charge in [-0.3, -0.25) is 4.98 Å². The van der Waals surface area contributed by atoms with Gasteiger partial charge >= 0.3 is 5.97 Å². The van der Waals surface area contributed by atoms with E-state index in [0.29, 0.717) is 0 Å². The molecule has 0 atom stereocenters. The molecule has 0 bridgehead atoms. The minimum absolute atomic E-state index is 0.0276. The van der Waals surface area contributed by atoms with E-state index in [9.17, 15) is 4.79 Å². The Kier molecular flexibility index (Phi) is 2.31. The summed E-state index contributed by atoms with van der Waals surface area (Å²) >= 11 is 0. The third-order valence-corrected chi connectivity index (χ3v) is 1.87. The van der Waals surface area contributed by atoms with E-state index in [0.717, 1.165) is 0 Å². The monoisotopic (exact) mass is 215 g/mol.